The molecular weight excluding hydrogens is 1110 g/mol. The highest BCUT2D eigenvalue weighted by Crippen LogP contribution is 2.43. The van der Waals surface area contributed by atoms with E-state index in [4.69, 9.17) is 34.1 Å². The number of aliphatic carboxylic acids is 2. The summed E-state index contributed by atoms with van der Waals surface area (Å²) in [5.41, 5.74) is 26.9. The van der Waals surface area contributed by atoms with E-state index in [1.165, 1.54) is 14.2 Å². The van der Waals surface area contributed by atoms with E-state index >= 15 is 0 Å². The number of rotatable bonds is 18. The Hall–Kier alpha value is -9.22. The van der Waals surface area contributed by atoms with E-state index in [1.807, 2.05) is 64.1 Å². The summed E-state index contributed by atoms with van der Waals surface area (Å²) in [6, 6.07) is 16.3. The van der Waals surface area contributed by atoms with Gasteiger partial charge in [0.1, 0.15) is 0 Å². The maximum Gasteiger partial charge on any atom is 0.305 e. The topological polar surface area (TPSA) is 251 Å². The molecule has 6 aromatic heterocycles. The molecule has 0 amide bonds. The summed E-state index contributed by atoms with van der Waals surface area (Å²) in [4.78, 5) is 85.4. The third kappa shape index (κ3) is 11.9. The number of nitrogens with one attached hydrogen (secondary N) is 4. The number of hydrogen-bond donors (Lipinski definition) is 6. The minimum Gasteiger partial charge on any atom is -0.481 e. The zero-order chi connectivity index (χ0) is 63.3. The highest BCUT2D eigenvalue weighted by atomic mass is 16.5. The number of carbonyl (C=O) groups is 4. The van der Waals surface area contributed by atoms with Gasteiger partial charge in [-0.05, 0) is 222 Å². The molecule has 0 radical (unpaired) electrons. The molecule has 0 aliphatic carbocycles. The van der Waals surface area contributed by atoms with Crippen molar-refractivity contribution in [3.8, 4) is 0 Å². The molecule has 17 heteroatoms. The van der Waals surface area contributed by atoms with Crippen molar-refractivity contribution in [2.24, 2.45) is 0 Å². The lowest BCUT2D eigenvalue weighted by atomic mass is 9.97. The third-order valence-electron chi connectivity index (χ3n) is 18.1. The van der Waals surface area contributed by atoms with Crippen molar-refractivity contribution in [1.29, 1.82) is 0 Å². The molecule has 456 valence electrons. The standard InChI is InChI=1S/C71H78N8O9/c1-16-44-34(4)52-28-63-70(40(10)55(78-63)26-50-37(7)47(19-23-67(84)86-14)60(74-50)32-61-48(20-24-68(85)87-15)38(8)51(75-61)27-57(44)72-52)42(12)88-43(13)71-41(11)56-30-62-69(33(2)3)39(9)54(77-62)25-49-35(5)45(17-21-65(80)81)58(73-49)31-59-46(18-22-66(82)83)36(6)53(76-59)29-64(71)79-56/h16,25-33,42-43,72,77-79H,1,17-24H2,2-15H3,(H,80,81)(H,82,83). The second-order valence-corrected chi connectivity index (χ2v) is 23.8. The van der Waals surface area contributed by atoms with Crippen LogP contribution in [-0.2, 0) is 33.4 Å². The molecule has 17 nitrogen and oxygen atoms in total. The van der Waals surface area contributed by atoms with Gasteiger partial charge in [-0.25, -0.2) is 19.9 Å². The number of fused-ring (bicyclic) bond motifs is 16. The van der Waals surface area contributed by atoms with Crippen LogP contribution in [0.15, 0.2) is 55.1 Å². The predicted octanol–water partition coefficient (Wildman–Crippen LogP) is 16.1. The van der Waals surface area contributed by atoms with Gasteiger partial charge in [-0.3, -0.25) is 19.2 Å². The van der Waals surface area contributed by atoms with Crippen molar-refractivity contribution in [3.05, 3.63) is 145 Å². The van der Waals surface area contributed by atoms with E-state index in [-0.39, 0.29) is 56.4 Å². The number of allylic oxidation sites excluding steroid dienone is 8. The average molecular weight is 1190 g/mol. The Morgan fingerprint density at radius 1 is 0.432 bits per heavy atom. The number of carboxylic acids is 2. The number of aromatic amines is 4. The fourth-order valence-corrected chi connectivity index (χ4v) is 13.2. The fourth-order valence-electron chi connectivity index (χ4n) is 13.2. The number of hydrogen-bond acceptors (Lipinski definition) is 11. The normalized spacial score (nSPS) is 14.1. The number of H-pyrrole nitrogens is 4. The van der Waals surface area contributed by atoms with Crippen molar-refractivity contribution < 1.29 is 43.6 Å². The Bertz CT molecular complexity index is 4460. The van der Waals surface area contributed by atoms with Crippen molar-refractivity contribution in [2.45, 2.75) is 153 Å². The lowest BCUT2D eigenvalue weighted by Crippen LogP contribution is -2.06. The van der Waals surface area contributed by atoms with Crippen LogP contribution in [0.5, 0.6) is 0 Å². The van der Waals surface area contributed by atoms with E-state index in [2.05, 4.69) is 100 Å². The first kappa shape index (κ1) is 61.9. The van der Waals surface area contributed by atoms with Crippen LogP contribution < -0.4 is 0 Å². The van der Waals surface area contributed by atoms with Crippen LogP contribution in [0.4, 0.5) is 0 Å². The van der Waals surface area contributed by atoms with Crippen LogP contribution in [0.25, 0.3) is 94.8 Å². The zero-order valence-corrected chi connectivity index (χ0v) is 52.8. The number of carbonyl (C=O) groups excluding carboxylic acids is 2. The number of carboxylic acid groups (broad SMARTS) is 2. The van der Waals surface area contributed by atoms with Gasteiger partial charge >= 0.3 is 23.9 Å². The number of esters is 2. The molecule has 6 aromatic rings. The Balaban J connectivity index is 1.19. The molecule has 2 atom stereocenters. The molecule has 0 saturated heterocycles. The highest BCUT2D eigenvalue weighted by molar-refractivity contribution is 5.99. The Labute approximate surface area is 511 Å². The first-order valence-corrected chi connectivity index (χ1v) is 30.1. The largest absolute Gasteiger partial charge is 0.481 e. The van der Waals surface area contributed by atoms with Gasteiger partial charge in [0.15, 0.2) is 0 Å². The summed E-state index contributed by atoms with van der Waals surface area (Å²) in [6.45, 7) is 29.1. The van der Waals surface area contributed by atoms with E-state index < -0.39 is 24.1 Å². The minimum absolute atomic E-state index is 0.0867. The van der Waals surface area contributed by atoms with Gasteiger partial charge in [-0.2, -0.15) is 0 Å². The summed E-state index contributed by atoms with van der Waals surface area (Å²) < 4.78 is 17.5. The molecule has 10 rings (SSSR count). The molecule has 10 heterocycles. The molecule has 6 N–H and O–H groups in total. The quantitative estimate of drug-likeness (QED) is 0.0439. The lowest BCUT2D eigenvalue weighted by Gasteiger charge is -2.20. The smallest absolute Gasteiger partial charge is 0.305 e. The summed E-state index contributed by atoms with van der Waals surface area (Å²) in [5.74, 6) is -2.36. The third-order valence-corrected chi connectivity index (χ3v) is 18.1. The van der Waals surface area contributed by atoms with Gasteiger partial charge in [0.2, 0.25) is 0 Å². The number of aryl methyl sites for hydroxylation is 4. The van der Waals surface area contributed by atoms with Crippen LogP contribution in [0.3, 0.4) is 0 Å². The molecule has 0 aromatic carbocycles. The lowest BCUT2D eigenvalue weighted by molar-refractivity contribution is -0.141. The average Bonchev–Trinajstić information content (AvgIpc) is 2.33. The van der Waals surface area contributed by atoms with E-state index in [0.29, 0.717) is 52.7 Å². The van der Waals surface area contributed by atoms with Crippen LogP contribution in [0.1, 0.15) is 215 Å². The first-order chi connectivity index (χ1) is 41.9. The van der Waals surface area contributed by atoms with E-state index in [1.54, 1.807) is 0 Å². The van der Waals surface area contributed by atoms with Crippen molar-refractivity contribution >= 4 is 119 Å². The monoisotopic (exact) mass is 1190 g/mol. The molecule has 88 heavy (non-hydrogen) atoms. The first-order valence-electron chi connectivity index (χ1n) is 30.1. The maximum absolute atomic E-state index is 12.7. The fraction of sp³-hybridized carbons (Fsp3) is 0.352. The molecule has 4 aliphatic heterocycles. The Morgan fingerprint density at radius 2 is 0.739 bits per heavy atom. The second-order valence-electron chi connectivity index (χ2n) is 23.8. The van der Waals surface area contributed by atoms with Crippen molar-refractivity contribution in [3.63, 3.8) is 0 Å². The van der Waals surface area contributed by atoms with Gasteiger partial charge in [0.25, 0.3) is 0 Å². The second kappa shape index (κ2) is 24.9. The van der Waals surface area contributed by atoms with Crippen LogP contribution in [0, 0.1) is 27.7 Å². The minimum atomic E-state index is -0.933. The molecule has 0 saturated carbocycles. The van der Waals surface area contributed by atoms with Crippen LogP contribution >= 0.6 is 0 Å². The molecule has 4 aliphatic rings. The number of methoxy groups -OCH3 is 2. The number of aromatic nitrogens is 8. The zero-order valence-electron chi connectivity index (χ0n) is 52.8. The SMILES string of the molecule is C=Cc1c(C)c2cc3[nH]c(cc4nc(cc5nc(cc1[nH]2)C(C)=C5CCC(=O)OC)C(CCC(=O)OC)=C4C)c(C)c3C(C)OC(C)c1c(C)c2cc3[nH]c(cc4nc(cc5nc(cc1[nH]2)C(C)=C5CCC(=O)O)C(CCC(=O)O)=C4C)c(C)c3C(C)C. The molecule has 2 unspecified atom stereocenters. The van der Waals surface area contributed by atoms with E-state index in [9.17, 15) is 29.4 Å². The summed E-state index contributed by atoms with van der Waals surface area (Å²) in [6.07, 6.45) is 2.18. The van der Waals surface area contributed by atoms with Crippen LogP contribution in [0.2, 0.25) is 0 Å². The molecular formula is C71H78N8O9. The maximum atomic E-state index is 12.7. The molecule has 0 fully saturated rings. The van der Waals surface area contributed by atoms with Gasteiger partial charge in [0, 0.05) is 86.5 Å². The van der Waals surface area contributed by atoms with Gasteiger partial charge in [0.05, 0.1) is 72.0 Å². The predicted molar refractivity (Wildman–Crippen MR) is 349 cm³/mol. The Kier molecular flexibility index (Phi) is 17.5. The van der Waals surface area contributed by atoms with Gasteiger partial charge in [-0.1, -0.05) is 26.5 Å². The summed E-state index contributed by atoms with van der Waals surface area (Å²) in [5, 5.41) is 19.8. The van der Waals surface area contributed by atoms with Gasteiger partial charge in [-0.15, -0.1) is 0 Å². The van der Waals surface area contributed by atoms with Crippen molar-refractivity contribution in [1.82, 2.24) is 39.9 Å². The molecule has 0 spiro atoms. The van der Waals surface area contributed by atoms with E-state index in [0.717, 1.165) is 139 Å². The van der Waals surface area contributed by atoms with Gasteiger partial charge < -0.3 is 44.4 Å². The Morgan fingerprint density at radius 3 is 1.10 bits per heavy atom. The summed E-state index contributed by atoms with van der Waals surface area (Å²) >= 11 is 0. The van der Waals surface area contributed by atoms with Crippen LogP contribution in [-0.4, -0.2) is 88.2 Å². The number of ether oxygens (including phenoxy) is 3. The number of nitrogens with zero attached hydrogens (tertiary/aromatic N) is 4. The van der Waals surface area contributed by atoms with Crippen molar-refractivity contribution in [2.75, 3.05) is 14.2 Å². The highest BCUT2D eigenvalue weighted by Gasteiger charge is 2.28. The summed E-state index contributed by atoms with van der Waals surface area (Å²) in [7, 11) is 2.77. The molecule has 16 bridgehead atoms.